The number of hydrogen-bond donors (Lipinski definition) is 0. The highest BCUT2D eigenvalue weighted by atomic mass is 19.3. The number of likely N-dealkylation sites (tertiary alicyclic amines) is 1. The van der Waals surface area contributed by atoms with Crippen molar-refractivity contribution in [3.8, 4) is 16.8 Å². The van der Waals surface area contributed by atoms with E-state index in [1.807, 2.05) is 28.6 Å². The Morgan fingerprint density at radius 1 is 0.921 bits per heavy atom. The van der Waals surface area contributed by atoms with Crippen LogP contribution in [-0.4, -0.2) is 38.7 Å². The average molecular weight is 511 g/mol. The number of piperidine rings is 1. The number of hydrogen-bond acceptors (Lipinski definition) is 3. The van der Waals surface area contributed by atoms with Crippen molar-refractivity contribution in [2.24, 2.45) is 0 Å². The summed E-state index contributed by atoms with van der Waals surface area (Å²) in [5.74, 6) is -1.18. The molecule has 5 rings (SSSR count). The fourth-order valence-corrected chi connectivity index (χ4v) is 4.91. The first-order chi connectivity index (χ1) is 18.3. The van der Waals surface area contributed by atoms with Crippen LogP contribution in [0.4, 0.5) is 8.78 Å². The second-order valence-electron chi connectivity index (χ2n) is 10.0. The van der Waals surface area contributed by atoms with Crippen LogP contribution in [0, 0.1) is 6.92 Å². The molecule has 0 atom stereocenters. The van der Waals surface area contributed by atoms with Crippen molar-refractivity contribution in [3.63, 3.8) is 0 Å². The van der Waals surface area contributed by atoms with E-state index >= 15 is 0 Å². The first-order valence-electron chi connectivity index (χ1n) is 12.9. The second kappa shape index (κ2) is 10.8. The molecule has 0 bridgehead atoms. The zero-order chi connectivity index (χ0) is 26.7. The molecule has 6 heteroatoms. The predicted octanol–water partition coefficient (Wildman–Crippen LogP) is 7.26. The number of aromatic nitrogens is 3. The van der Waals surface area contributed by atoms with Gasteiger partial charge in [0.25, 0.3) is 5.92 Å². The van der Waals surface area contributed by atoms with Gasteiger partial charge in [0.1, 0.15) is 5.82 Å². The number of aryl methyl sites for hydroxylation is 1. The van der Waals surface area contributed by atoms with Gasteiger partial charge in [-0.15, -0.1) is 5.10 Å². The van der Waals surface area contributed by atoms with E-state index in [-0.39, 0.29) is 13.0 Å². The minimum Gasteiger partial charge on any atom is -0.293 e. The van der Waals surface area contributed by atoms with Crippen LogP contribution in [0.1, 0.15) is 41.2 Å². The Labute approximate surface area is 223 Å². The first kappa shape index (κ1) is 25.7. The predicted molar refractivity (Wildman–Crippen MR) is 149 cm³/mol. The Morgan fingerprint density at radius 3 is 2.08 bits per heavy atom. The van der Waals surface area contributed by atoms with E-state index in [2.05, 4.69) is 83.9 Å². The van der Waals surface area contributed by atoms with E-state index < -0.39 is 5.92 Å². The molecule has 194 valence electrons. The molecule has 0 N–H and O–H groups in total. The zero-order valence-corrected chi connectivity index (χ0v) is 21.7. The first-order valence-corrected chi connectivity index (χ1v) is 12.9. The minimum absolute atomic E-state index is 0.000408. The summed E-state index contributed by atoms with van der Waals surface area (Å²) in [4.78, 5) is 6.32. The summed E-state index contributed by atoms with van der Waals surface area (Å²) in [5.41, 5.74) is 7.42. The summed E-state index contributed by atoms with van der Waals surface area (Å²) in [6.45, 7) is 10.7. The van der Waals surface area contributed by atoms with Gasteiger partial charge in [0, 0.05) is 18.5 Å². The molecule has 4 aromatic rings. The molecule has 38 heavy (non-hydrogen) atoms. The molecular weight excluding hydrogens is 478 g/mol. The van der Waals surface area contributed by atoms with E-state index in [0.29, 0.717) is 24.4 Å². The van der Waals surface area contributed by atoms with Crippen molar-refractivity contribution >= 4 is 5.57 Å². The Morgan fingerprint density at radius 2 is 1.50 bits per heavy atom. The van der Waals surface area contributed by atoms with Gasteiger partial charge in [-0.3, -0.25) is 4.90 Å². The number of alkyl halides is 2. The lowest BCUT2D eigenvalue weighted by atomic mass is 9.99. The van der Waals surface area contributed by atoms with Crippen molar-refractivity contribution in [2.75, 3.05) is 13.1 Å². The molecule has 1 aliphatic rings. The lowest BCUT2D eigenvalue weighted by molar-refractivity contribution is -0.0661. The molecule has 0 aliphatic carbocycles. The van der Waals surface area contributed by atoms with E-state index in [1.54, 1.807) is 6.08 Å². The topological polar surface area (TPSA) is 34.0 Å². The minimum atomic E-state index is -2.57. The molecule has 4 nitrogen and oxygen atoms in total. The van der Waals surface area contributed by atoms with Crippen molar-refractivity contribution in [3.05, 3.63) is 120 Å². The third-order valence-corrected chi connectivity index (χ3v) is 7.01. The molecular formula is C32H32F2N4. The Balaban J connectivity index is 1.21. The maximum Gasteiger partial charge on any atom is 0.260 e. The van der Waals surface area contributed by atoms with Gasteiger partial charge < -0.3 is 0 Å². The molecule has 0 saturated carbocycles. The highest BCUT2D eigenvalue weighted by Gasteiger charge is 2.34. The molecule has 2 heterocycles. The summed E-state index contributed by atoms with van der Waals surface area (Å²) in [6, 6.07) is 25.2. The maximum atomic E-state index is 13.7. The van der Waals surface area contributed by atoms with E-state index in [4.69, 9.17) is 0 Å². The van der Waals surface area contributed by atoms with Gasteiger partial charge >= 0.3 is 0 Å². The van der Waals surface area contributed by atoms with Crippen LogP contribution in [0.25, 0.3) is 22.4 Å². The molecule has 0 spiro atoms. The van der Waals surface area contributed by atoms with Gasteiger partial charge in [-0.25, -0.2) is 18.4 Å². The molecule has 1 aliphatic heterocycles. The molecule has 1 aromatic heterocycles. The average Bonchev–Trinajstić information content (AvgIpc) is 3.30. The standard InChI is InChI=1S/C32H32F2N4/c1-4-23(2)31-35-24(3)38(36-31)30-16-10-26(11-17-30)20-25-6-12-28(13-7-25)29-14-8-27(9-15-29)21-37-19-5-18-32(33,34)22-37/h4,6-17H,1-2,5,18-22H2,3H3. The quantitative estimate of drug-likeness (QED) is 0.234. The third kappa shape index (κ3) is 5.97. The zero-order valence-electron chi connectivity index (χ0n) is 21.7. The van der Waals surface area contributed by atoms with Gasteiger partial charge in [-0.05, 0) is 66.3 Å². The van der Waals surface area contributed by atoms with Crippen LogP contribution < -0.4 is 0 Å². The SMILES string of the molecule is C=CC(=C)c1nc(C)n(-c2ccc(Cc3ccc(-c4ccc(CN5CCCC(F)(F)C5)cc4)cc3)cc2)n1. The molecule has 1 fully saturated rings. The number of allylic oxidation sites excluding steroid dienone is 2. The van der Waals surface area contributed by atoms with Gasteiger partial charge in [0.15, 0.2) is 5.82 Å². The number of halogens is 2. The summed E-state index contributed by atoms with van der Waals surface area (Å²) >= 11 is 0. The van der Waals surface area contributed by atoms with E-state index in [0.717, 1.165) is 41.2 Å². The van der Waals surface area contributed by atoms with Crippen molar-refractivity contribution in [2.45, 2.75) is 38.7 Å². The summed E-state index contributed by atoms with van der Waals surface area (Å²) in [6.07, 6.45) is 3.04. The van der Waals surface area contributed by atoms with Gasteiger partial charge in [-0.1, -0.05) is 79.9 Å². The van der Waals surface area contributed by atoms with Crippen LogP contribution >= 0.6 is 0 Å². The van der Waals surface area contributed by atoms with Gasteiger partial charge in [0.2, 0.25) is 0 Å². The monoisotopic (exact) mass is 510 g/mol. The number of benzene rings is 3. The smallest absolute Gasteiger partial charge is 0.260 e. The van der Waals surface area contributed by atoms with Crippen molar-refractivity contribution in [1.82, 2.24) is 19.7 Å². The molecule has 3 aromatic carbocycles. The van der Waals surface area contributed by atoms with Crippen LogP contribution in [0.5, 0.6) is 0 Å². The molecule has 0 unspecified atom stereocenters. The molecule has 0 radical (unpaired) electrons. The highest BCUT2D eigenvalue weighted by Crippen LogP contribution is 2.28. The van der Waals surface area contributed by atoms with Crippen LogP contribution in [0.2, 0.25) is 0 Å². The molecule has 0 amide bonds. The van der Waals surface area contributed by atoms with Gasteiger partial charge in [-0.2, -0.15) is 0 Å². The van der Waals surface area contributed by atoms with E-state index in [9.17, 15) is 8.78 Å². The largest absolute Gasteiger partial charge is 0.293 e. The molecule has 1 saturated heterocycles. The fraction of sp³-hybridized carbons (Fsp3) is 0.250. The van der Waals surface area contributed by atoms with Crippen molar-refractivity contribution < 1.29 is 8.78 Å². The Bertz CT molecular complexity index is 1420. The van der Waals surface area contributed by atoms with Crippen LogP contribution in [0.15, 0.2) is 92.0 Å². The fourth-order valence-electron chi connectivity index (χ4n) is 4.91. The normalized spacial score (nSPS) is 15.3. The summed E-state index contributed by atoms with van der Waals surface area (Å²) < 4.78 is 29.2. The van der Waals surface area contributed by atoms with E-state index in [1.165, 1.54) is 11.1 Å². The van der Waals surface area contributed by atoms with Crippen molar-refractivity contribution in [1.29, 1.82) is 0 Å². The Kier molecular flexibility index (Phi) is 7.34. The lowest BCUT2D eigenvalue weighted by Crippen LogP contribution is -2.41. The number of nitrogens with zero attached hydrogens (tertiary/aromatic N) is 4. The highest BCUT2D eigenvalue weighted by molar-refractivity contribution is 5.66. The Hall–Kier alpha value is -3.90. The summed E-state index contributed by atoms with van der Waals surface area (Å²) in [7, 11) is 0. The van der Waals surface area contributed by atoms with Crippen LogP contribution in [0.3, 0.4) is 0 Å². The second-order valence-corrected chi connectivity index (χ2v) is 10.0. The maximum absolute atomic E-state index is 13.7. The van der Waals surface area contributed by atoms with Crippen LogP contribution in [-0.2, 0) is 13.0 Å². The third-order valence-electron chi connectivity index (χ3n) is 7.01. The van der Waals surface area contributed by atoms with Gasteiger partial charge in [0.05, 0.1) is 12.2 Å². The number of rotatable bonds is 8. The summed E-state index contributed by atoms with van der Waals surface area (Å²) in [5, 5.41) is 4.55. The lowest BCUT2D eigenvalue weighted by Gasteiger charge is -2.32.